The number of hydrogen-bond donors (Lipinski definition) is 2. The number of aromatic nitrogens is 2. The zero-order valence-corrected chi connectivity index (χ0v) is 17.3. The lowest BCUT2D eigenvalue weighted by atomic mass is 10.2. The Bertz CT molecular complexity index is 723. The fourth-order valence-corrected chi connectivity index (χ4v) is 2.79. The summed E-state index contributed by atoms with van der Waals surface area (Å²) >= 11 is 0.995. The summed E-state index contributed by atoms with van der Waals surface area (Å²) in [6.45, 7) is 0.862. The molecule has 0 aromatic carbocycles. The van der Waals surface area contributed by atoms with Gasteiger partial charge in [-0.05, 0) is 6.07 Å². The maximum absolute atomic E-state index is 12.5. The van der Waals surface area contributed by atoms with Crippen LogP contribution in [-0.2, 0) is 19.1 Å². The molecule has 0 saturated carbocycles. The fraction of sp³-hybridized carbons (Fsp3) is 0.400. The molecule has 0 saturated heterocycles. The Labute approximate surface area is 170 Å². The standard InChI is InChI=1S/C15H18F3N5OS.HI/c1-19-14(22-8-10-4-3-6-20-13(10)24-2)21-7-5-12-23-11(9-25-12)15(16,17)18;/h3-4,6,9H,5,7-8H2,1-2H3,(H2,19,21,22);1H. The van der Waals surface area contributed by atoms with Gasteiger partial charge in [-0.3, -0.25) is 4.99 Å². The Morgan fingerprint density at radius 1 is 1.35 bits per heavy atom. The van der Waals surface area contributed by atoms with E-state index in [4.69, 9.17) is 4.74 Å². The normalized spacial score (nSPS) is 11.7. The van der Waals surface area contributed by atoms with Gasteiger partial charge in [0, 0.05) is 43.7 Å². The number of rotatable bonds is 6. The van der Waals surface area contributed by atoms with Crippen LogP contribution in [0.3, 0.4) is 0 Å². The molecule has 2 rings (SSSR count). The largest absolute Gasteiger partial charge is 0.481 e. The molecule has 0 spiro atoms. The van der Waals surface area contributed by atoms with Gasteiger partial charge in [-0.2, -0.15) is 13.2 Å². The van der Waals surface area contributed by atoms with Crippen molar-refractivity contribution in [2.45, 2.75) is 19.1 Å². The smallest absolute Gasteiger partial charge is 0.434 e. The fourth-order valence-electron chi connectivity index (χ4n) is 1.99. The molecule has 2 aromatic rings. The zero-order chi connectivity index (χ0) is 18.3. The molecule has 2 aromatic heterocycles. The third-order valence-electron chi connectivity index (χ3n) is 3.19. The van der Waals surface area contributed by atoms with Crippen LogP contribution < -0.4 is 15.4 Å². The first-order chi connectivity index (χ1) is 11.9. The third-order valence-corrected chi connectivity index (χ3v) is 4.10. The molecule has 0 aliphatic heterocycles. The molecule has 0 amide bonds. The molecule has 0 fully saturated rings. The van der Waals surface area contributed by atoms with Crippen LogP contribution in [0.5, 0.6) is 5.88 Å². The monoisotopic (exact) mass is 501 g/mol. The highest BCUT2D eigenvalue weighted by Gasteiger charge is 2.33. The van der Waals surface area contributed by atoms with Gasteiger partial charge in [-0.25, -0.2) is 9.97 Å². The summed E-state index contributed by atoms with van der Waals surface area (Å²) in [7, 11) is 3.16. The second kappa shape index (κ2) is 10.5. The molecule has 2 N–H and O–H groups in total. The second-order valence-electron chi connectivity index (χ2n) is 4.90. The molecule has 0 aliphatic carbocycles. The minimum atomic E-state index is -4.40. The van der Waals surface area contributed by atoms with E-state index in [-0.39, 0.29) is 24.0 Å². The molecule has 26 heavy (non-hydrogen) atoms. The summed E-state index contributed by atoms with van der Waals surface area (Å²) in [6, 6.07) is 3.68. The highest BCUT2D eigenvalue weighted by molar-refractivity contribution is 14.0. The van der Waals surface area contributed by atoms with Crippen molar-refractivity contribution in [3.63, 3.8) is 0 Å². The zero-order valence-electron chi connectivity index (χ0n) is 14.1. The maximum atomic E-state index is 12.5. The number of methoxy groups -OCH3 is 1. The van der Waals surface area contributed by atoms with Crippen LogP contribution in [0.1, 0.15) is 16.3 Å². The minimum absolute atomic E-state index is 0. The summed E-state index contributed by atoms with van der Waals surface area (Å²) in [5.41, 5.74) is 0.0152. The lowest BCUT2D eigenvalue weighted by Crippen LogP contribution is -2.37. The van der Waals surface area contributed by atoms with Crippen molar-refractivity contribution in [1.82, 2.24) is 20.6 Å². The van der Waals surface area contributed by atoms with E-state index in [0.717, 1.165) is 22.3 Å². The van der Waals surface area contributed by atoms with Gasteiger partial charge in [0.1, 0.15) is 0 Å². The number of thiazole rings is 1. The summed E-state index contributed by atoms with van der Waals surface area (Å²) in [5, 5.41) is 7.58. The van der Waals surface area contributed by atoms with Crippen LogP contribution in [0.2, 0.25) is 0 Å². The number of ether oxygens (including phenoxy) is 1. The van der Waals surface area contributed by atoms with Crippen LogP contribution >= 0.6 is 35.3 Å². The van der Waals surface area contributed by atoms with Gasteiger partial charge in [0.05, 0.1) is 12.1 Å². The Hall–Kier alpha value is -1.63. The van der Waals surface area contributed by atoms with Crippen molar-refractivity contribution in [3.05, 3.63) is 40.0 Å². The van der Waals surface area contributed by atoms with E-state index in [1.807, 2.05) is 6.07 Å². The number of halogens is 4. The number of guanidine groups is 1. The topological polar surface area (TPSA) is 71.4 Å². The van der Waals surface area contributed by atoms with Crippen molar-refractivity contribution in [3.8, 4) is 5.88 Å². The average Bonchev–Trinajstić information content (AvgIpc) is 3.07. The van der Waals surface area contributed by atoms with Gasteiger partial charge in [0.15, 0.2) is 11.7 Å². The highest BCUT2D eigenvalue weighted by Crippen LogP contribution is 2.29. The third kappa shape index (κ3) is 6.59. The maximum Gasteiger partial charge on any atom is 0.434 e. The van der Waals surface area contributed by atoms with Crippen molar-refractivity contribution < 1.29 is 17.9 Å². The number of nitrogens with one attached hydrogen (secondary N) is 2. The lowest BCUT2D eigenvalue weighted by Gasteiger charge is -2.12. The van der Waals surface area contributed by atoms with Gasteiger partial charge < -0.3 is 15.4 Å². The Morgan fingerprint density at radius 2 is 2.12 bits per heavy atom. The number of aliphatic imine (C=N–C) groups is 1. The van der Waals surface area contributed by atoms with Crippen LogP contribution in [-0.4, -0.2) is 36.6 Å². The van der Waals surface area contributed by atoms with E-state index in [1.54, 1.807) is 26.4 Å². The van der Waals surface area contributed by atoms with E-state index in [9.17, 15) is 13.2 Å². The Balaban J connectivity index is 0.00000338. The molecular formula is C15H19F3IN5OS. The van der Waals surface area contributed by atoms with Crippen LogP contribution in [0.4, 0.5) is 13.2 Å². The summed E-state index contributed by atoms with van der Waals surface area (Å²) in [4.78, 5) is 11.8. The predicted molar refractivity (Wildman–Crippen MR) is 105 cm³/mol. The first-order valence-corrected chi connectivity index (χ1v) is 8.26. The highest BCUT2D eigenvalue weighted by atomic mass is 127. The first-order valence-electron chi connectivity index (χ1n) is 7.38. The van der Waals surface area contributed by atoms with Gasteiger partial charge >= 0.3 is 6.18 Å². The van der Waals surface area contributed by atoms with Gasteiger partial charge in [0.25, 0.3) is 0 Å². The average molecular weight is 501 g/mol. The molecular weight excluding hydrogens is 482 g/mol. The SMILES string of the molecule is CN=C(NCCc1nc(C(F)(F)F)cs1)NCc1cccnc1OC.I. The quantitative estimate of drug-likeness (QED) is 0.362. The molecule has 0 bridgehead atoms. The molecule has 2 heterocycles. The van der Waals surface area contributed by atoms with E-state index >= 15 is 0 Å². The van der Waals surface area contributed by atoms with E-state index in [0.29, 0.717) is 36.4 Å². The first kappa shape index (κ1) is 22.4. The summed E-state index contributed by atoms with van der Waals surface area (Å²) < 4.78 is 42.7. The Kier molecular flexibility index (Phi) is 9.05. The van der Waals surface area contributed by atoms with Crippen molar-refractivity contribution >= 4 is 41.3 Å². The molecule has 0 atom stereocenters. The number of pyridine rings is 1. The van der Waals surface area contributed by atoms with Crippen LogP contribution in [0.15, 0.2) is 28.7 Å². The number of hydrogen-bond acceptors (Lipinski definition) is 5. The number of alkyl halides is 3. The predicted octanol–water partition coefficient (Wildman–Crippen LogP) is 3.09. The van der Waals surface area contributed by atoms with Crippen molar-refractivity contribution in [2.24, 2.45) is 4.99 Å². The van der Waals surface area contributed by atoms with Gasteiger partial charge in [-0.15, -0.1) is 35.3 Å². The second-order valence-corrected chi connectivity index (χ2v) is 5.84. The summed E-state index contributed by atoms with van der Waals surface area (Å²) in [5.74, 6) is 1.05. The van der Waals surface area contributed by atoms with E-state index in [1.165, 1.54) is 0 Å². The van der Waals surface area contributed by atoms with E-state index in [2.05, 4.69) is 25.6 Å². The number of nitrogens with zero attached hydrogens (tertiary/aromatic N) is 3. The molecule has 6 nitrogen and oxygen atoms in total. The molecule has 0 aliphatic rings. The molecule has 144 valence electrons. The van der Waals surface area contributed by atoms with E-state index < -0.39 is 11.9 Å². The van der Waals surface area contributed by atoms with Crippen molar-refractivity contribution in [1.29, 1.82) is 0 Å². The van der Waals surface area contributed by atoms with Crippen LogP contribution in [0.25, 0.3) is 0 Å². The van der Waals surface area contributed by atoms with Crippen molar-refractivity contribution in [2.75, 3.05) is 20.7 Å². The minimum Gasteiger partial charge on any atom is -0.481 e. The molecule has 11 heteroatoms. The van der Waals surface area contributed by atoms with Gasteiger partial charge in [0.2, 0.25) is 5.88 Å². The molecule has 0 unspecified atom stereocenters. The van der Waals surface area contributed by atoms with Crippen LogP contribution in [0, 0.1) is 0 Å². The van der Waals surface area contributed by atoms with Gasteiger partial charge in [-0.1, -0.05) is 6.07 Å². The lowest BCUT2D eigenvalue weighted by molar-refractivity contribution is -0.140. The Morgan fingerprint density at radius 3 is 2.73 bits per heavy atom. The summed E-state index contributed by atoms with van der Waals surface area (Å²) in [6.07, 6.45) is -2.39. The molecule has 0 radical (unpaired) electrons.